The monoisotopic (exact) mass is 391 g/mol. The second kappa shape index (κ2) is 13.0. The van der Waals surface area contributed by atoms with Crippen LogP contribution in [0.3, 0.4) is 0 Å². The molecule has 0 heterocycles. The minimum Gasteiger partial charge on any atom is -0.492 e. The molecule has 28 heavy (non-hydrogen) atoms. The number of guanidine groups is 1. The van der Waals surface area contributed by atoms with Gasteiger partial charge in [-0.2, -0.15) is 0 Å². The van der Waals surface area contributed by atoms with Crippen LogP contribution < -0.4 is 10.1 Å². The van der Waals surface area contributed by atoms with Crippen molar-refractivity contribution in [1.82, 2.24) is 20.0 Å². The summed E-state index contributed by atoms with van der Waals surface area (Å²) in [4.78, 5) is 22.9. The third-order valence-corrected chi connectivity index (χ3v) is 4.35. The first kappa shape index (κ1) is 23.8. The summed E-state index contributed by atoms with van der Waals surface area (Å²) in [7, 11) is 5.94. The van der Waals surface area contributed by atoms with Gasteiger partial charge in [0.2, 0.25) is 5.91 Å². The molecule has 0 unspecified atom stereocenters. The first-order chi connectivity index (χ1) is 13.4. The number of likely N-dealkylation sites (N-methyl/N-ethyl adjacent to an activating group) is 3. The van der Waals surface area contributed by atoms with Gasteiger partial charge in [-0.15, -0.1) is 0 Å². The van der Waals surface area contributed by atoms with Gasteiger partial charge in [-0.05, 0) is 40.9 Å². The van der Waals surface area contributed by atoms with E-state index in [1.165, 1.54) is 0 Å². The van der Waals surface area contributed by atoms with Crippen LogP contribution in [0.25, 0.3) is 0 Å². The summed E-state index contributed by atoms with van der Waals surface area (Å²) in [5, 5.41) is 3.27. The number of para-hydroxylation sites is 1. The SMILES string of the molecule is CCNC(=NCc1ccccc1OCCN(C)C)N(C)CC(=O)N(CC)CC. The van der Waals surface area contributed by atoms with E-state index >= 15 is 0 Å². The predicted octanol–water partition coefficient (Wildman–Crippen LogP) is 1.89. The van der Waals surface area contributed by atoms with Crippen LogP contribution in [0.4, 0.5) is 0 Å². The summed E-state index contributed by atoms with van der Waals surface area (Å²) in [6.45, 7) is 10.5. The van der Waals surface area contributed by atoms with E-state index in [2.05, 4.69) is 10.2 Å². The summed E-state index contributed by atoms with van der Waals surface area (Å²) < 4.78 is 5.92. The molecule has 1 rings (SSSR count). The van der Waals surface area contributed by atoms with Crippen LogP contribution in [0.2, 0.25) is 0 Å². The van der Waals surface area contributed by atoms with Gasteiger partial charge in [-0.1, -0.05) is 18.2 Å². The van der Waals surface area contributed by atoms with Gasteiger partial charge in [0.25, 0.3) is 0 Å². The maximum Gasteiger partial charge on any atom is 0.242 e. The number of hydrogen-bond donors (Lipinski definition) is 1. The second-order valence-corrected chi connectivity index (χ2v) is 6.85. The summed E-state index contributed by atoms with van der Waals surface area (Å²) in [6.07, 6.45) is 0. The average Bonchev–Trinajstić information content (AvgIpc) is 2.66. The van der Waals surface area contributed by atoms with E-state index in [1.54, 1.807) is 0 Å². The fourth-order valence-electron chi connectivity index (χ4n) is 2.70. The maximum atomic E-state index is 12.4. The lowest BCUT2D eigenvalue weighted by Gasteiger charge is -2.25. The van der Waals surface area contributed by atoms with Crippen LogP contribution >= 0.6 is 0 Å². The molecule has 0 saturated heterocycles. The molecule has 0 radical (unpaired) electrons. The Balaban J connectivity index is 2.82. The highest BCUT2D eigenvalue weighted by Gasteiger charge is 2.15. The van der Waals surface area contributed by atoms with Gasteiger partial charge in [0.05, 0.1) is 13.1 Å². The van der Waals surface area contributed by atoms with Crippen LogP contribution in [-0.4, -0.2) is 87.0 Å². The van der Waals surface area contributed by atoms with Crippen LogP contribution in [0.5, 0.6) is 5.75 Å². The molecule has 0 fully saturated rings. The Morgan fingerprint density at radius 2 is 1.79 bits per heavy atom. The molecule has 1 aromatic carbocycles. The van der Waals surface area contributed by atoms with E-state index in [0.717, 1.165) is 24.4 Å². The van der Waals surface area contributed by atoms with Crippen molar-refractivity contribution in [3.8, 4) is 5.75 Å². The van der Waals surface area contributed by atoms with E-state index in [9.17, 15) is 4.79 Å². The Bertz CT molecular complexity index is 615. The Kier molecular flexibility index (Phi) is 11.0. The highest BCUT2D eigenvalue weighted by molar-refractivity contribution is 5.86. The van der Waals surface area contributed by atoms with Crippen LogP contribution in [0, 0.1) is 0 Å². The largest absolute Gasteiger partial charge is 0.492 e. The zero-order chi connectivity index (χ0) is 20.9. The summed E-state index contributed by atoms with van der Waals surface area (Å²) in [5.41, 5.74) is 1.03. The lowest BCUT2D eigenvalue weighted by molar-refractivity contribution is -0.131. The zero-order valence-electron chi connectivity index (χ0n) is 18.4. The standard InChI is InChI=1S/C21H37N5O2/c1-7-22-21(25(6)17-20(27)26(8-2)9-3)23-16-18-12-10-11-13-19(18)28-15-14-24(4)5/h10-13H,7-9,14-17H2,1-6H3,(H,22,23). The normalized spacial score (nSPS) is 11.5. The number of ether oxygens (including phenoxy) is 1. The molecular formula is C21H37N5O2. The van der Waals surface area contributed by atoms with Crippen molar-refractivity contribution in [2.75, 3.05) is 60.5 Å². The van der Waals surface area contributed by atoms with Crippen molar-refractivity contribution in [1.29, 1.82) is 0 Å². The number of rotatable bonds is 11. The highest BCUT2D eigenvalue weighted by Crippen LogP contribution is 2.19. The van der Waals surface area contributed by atoms with Gasteiger partial charge in [-0.3, -0.25) is 4.79 Å². The molecule has 7 heteroatoms. The van der Waals surface area contributed by atoms with Gasteiger partial charge >= 0.3 is 0 Å². The molecule has 0 bridgehead atoms. The molecule has 0 saturated carbocycles. The van der Waals surface area contributed by atoms with Crippen LogP contribution in [0.1, 0.15) is 26.3 Å². The van der Waals surface area contributed by atoms with Crippen molar-refractivity contribution < 1.29 is 9.53 Å². The lowest BCUT2D eigenvalue weighted by atomic mass is 10.2. The first-order valence-corrected chi connectivity index (χ1v) is 10.0. The Hall–Kier alpha value is -2.28. The fourth-order valence-corrected chi connectivity index (χ4v) is 2.70. The van der Waals surface area contributed by atoms with E-state index in [1.807, 2.05) is 76.0 Å². The van der Waals surface area contributed by atoms with Gasteiger partial charge in [-0.25, -0.2) is 4.99 Å². The third kappa shape index (κ3) is 8.17. The molecule has 158 valence electrons. The Morgan fingerprint density at radius 3 is 2.39 bits per heavy atom. The van der Waals surface area contributed by atoms with Gasteiger partial charge in [0, 0.05) is 38.8 Å². The van der Waals surface area contributed by atoms with E-state index in [0.29, 0.717) is 38.7 Å². The van der Waals surface area contributed by atoms with Crippen molar-refractivity contribution in [3.05, 3.63) is 29.8 Å². The molecule has 0 aliphatic carbocycles. The molecule has 7 nitrogen and oxygen atoms in total. The Morgan fingerprint density at radius 1 is 1.11 bits per heavy atom. The number of amides is 1. The van der Waals surface area contributed by atoms with Gasteiger partial charge < -0.3 is 24.8 Å². The van der Waals surface area contributed by atoms with Gasteiger partial charge in [0.1, 0.15) is 12.4 Å². The molecule has 1 amide bonds. The second-order valence-electron chi connectivity index (χ2n) is 6.85. The molecular weight excluding hydrogens is 354 g/mol. The smallest absolute Gasteiger partial charge is 0.242 e. The third-order valence-electron chi connectivity index (χ3n) is 4.35. The molecule has 0 aliphatic rings. The van der Waals surface area contributed by atoms with Crippen molar-refractivity contribution in [2.24, 2.45) is 4.99 Å². The highest BCUT2D eigenvalue weighted by atomic mass is 16.5. The van der Waals surface area contributed by atoms with E-state index in [4.69, 9.17) is 9.73 Å². The van der Waals surface area contributed by atoms with Crippen LogP contribution in [-0.2, 0) is 11.3 Å². The fraction of sp³-hybridized carbons (Fsp3) is 0.619. The van der Waals surface area contributed by atoms with Crippen molar-refractivity contribution >= 4 is 11.9 Å². The molecule has 0 atom stereocenters. The minimum absolute atomic E-state index is 0.102. The predicted molar refractivity (Wildman–Crippen MR) is 116 cm³/mol. The quantitative estimate of drug-likeness (QED) is 0.461. The number of benzene rings is 1. The van der Waals surface area contributed by atoms with E-state index in [-0.39, 0.29) is 5.91 Å². The summed E-state index contributed by atoms with van der Waals surface area (Å²) in [5.74, 6) is 1.67. The zero-order valence-corrected chi connectivity index (χ0v) is 18.4. The first-order valence-electron chi connectivity index (χ1n) is 10.0. The molecule has 1 N–H and O–H groups in total. The van der Waals surface area contributed by atoms with Crippen molar-refractivity contribution in [3.63, 3.8) is 0 Å². The number of hydrogen-bond acceptors (Lipinski definition) is 4. The number of nitrogens with zero attached hydrogens (tertiary/aromatic N) is 4. The molecule has 1 aromatic rings. The minimum atomic E-state index is 0.102. The molecule has 0 spiro atoms. The molecule has 0 aliphatic heterocycles. The number of aliphatic imine (C=N–C) groups is 1. The average molecular weight is 392 g/mol. The summed E-state index contributed by atoms with van der Waals surface area (Å²) in [6, 6.07) is 7.96. The summed E-state index contributed by atoms with van der Waals surface area (Å²) >= 11 is 0. The molecule has 0 aromatic heterocycles. The number of carbonyl (C=O) groups excluding carboxylic acids is 1. The van der Waals surface area contributed by atoms with Gasteiger partial charge in [0.15, 0.2) is 5.96 Å². The topological polar surface area (TPSA) is 60.4 Å². The number of nitrogens with one attached hydrogen (secondary N) is 1. The number of carbonyl (C=O) groups is 1. The lowest BCUT2D eigenvalue weighted by Crippen LogP contribution is -2.45. The van der Waals surface area contributed by atoms with Crippen molar-refractivity contribution in [2.45, 2.75) is 27.3 Å². The maximum absolute atomic E-state index is 12.4. The van der Waals surface area contributed by atoms with Crippen LogP contribution in [0.15, 0.2) is 29.3 Å². The van der Waals surface area contributed by atoms with E-state index < -0.39 is 0 Å². The Labute approximate surface area is 170 Å².